The van der Waals surface area contributed by atoms with Crippen LogP contribution in [0.2, 0.25) is 0 Å². The molecule has 0 bridgehead atoms. The van der Waals surface area contributed by atoms with Gasteiger partial charge in [-0.15, -0.1) is 0 Å². The number of hydrogen-bond donors (Lipinski definition) is 1. The van der Waals surface area contributed by atoms with Crippen LogP contribution >= 0.6 is 0 Å². The van der Waals surface area contributed by atoms with E-state index in [1.165, 1.54) is 13.4 Å². The van der Waals surface area contributed by atoms with Crippen molar-refractivity contribution in [3.63, 3.8) is 0 Å². The second kappa shape index (κ2) is 7.41. The second-order valence-electron chi connectivity index (χ2n) is 3.82. The number of nitrogens with zero attached hydrogens (tertiary/aromatic N) is 3. The topological polar surface area (TPSA) is 90.2 Å². The number of unbranched alkanes of at least 4 members (excludes halogenated alkanes) is 3. The van der Waals surface area contributed by atoms with Crippen LogP contribution < -0.4 is 10.1 Å². The zero-order valence-corrected chi connectivity index (χ0v) is 10.7. The first-order chi connectivity index (χ1) is 8.70. The van der Waals surface area contributed by atoms with Gasteiger partial charge in [0, 0.05) is 6.54 Å². The van der Waals surface area contributed by atoms with Crippen molar-refractivity contribution in [1.82, 2.24) is 9.97 Å². The number of rotatable bonds is 8. The fraction of sp³-hybridized carbons (Fsp3) is 0.636. The average molecular weight is 254 g/mol. The number of ether oxygens (including phenoxy) is 1. The fourth-order valence-electron chi connectivity index (χ4n) is 1.56. The third kappa shape index (κ3) is 3.83. The SMILES string of the molecule is CCCCCCNc1ncnc(OC)c1[N+](=O)[O-]. The Morgan fingerprint density at radius 3 is 2.78 bits per heavy atom. The Morgan fingerprint density at radius 1 is 1.39 bits per heavy atom. The number of nitro groups is 1. The predicted octanol–water partition coefficient (Wildman–Crippen LogP) is 2.39. The summed E-state index contributed by atoms with van der Waals surface area (Å²) in [7, 11) is 1.35. The van der Waals surface area contributed by atoms with Gasteiger partial charge in [-0.05, 0) is 6.42 Å². The number of aromatic nitrogens is 2. The Morgan fingerprint density at radius 2 is 2.17 bits per heavy atom. The molecule has 18 heavy (non-hydrogen) atoms. The second-order valence-corrected chi connectivity index (χ2v) is 3.82. The molecule has 0 atom stereocenters. The lowest BCUT2D eigenvalue weighted by Crippen LogP contribution is -2.08. The van der Waals surface area contributed by atoms with Crippen LogP contribution in [0, 0.1) is 10.1 Å². The van der Waals surface area contributed by atoms with E-state index in [9.17, 15) is 10.1 Å². The number of hydrogen-bond acceptors (Lipinski definition) is 6. The van der Waals surface area contributed by atoms with Crippen molar-refractivity contribution in [2.75, 3.05) is 19.0 Å². The Labute approximate surface area is 106 Å². The van der Waals surface area contributed by atoms with Crippen molar-refractivity contribution in [3.05, 3.63) is 16.4 Å². The lowest BCUT2D eigenvalue weighted by Gasteiger charge is -2.07. The van der Waals surface area contributed by atoms with Crippen molar-refractivity contribution >= 4 is 11.5 Å². The monoisotopic (exact) mass is 254 g/mol. The molecule has 1 N–H and O–H groups in total. The van der Waals surface area contributed by atoms with Gasteiger partial charge >= 0.3 is 5.69 Å². The molecule has 0 aromatic carbocycles. The maximum Gasteiger partial charge on any atom is 0.372 e. The van der Waals surface area contributed by atoms with Gasteiger partial charge in [-0.2, -0.15) is 4.98 Å². The van der Waals surface area contributed by atoms with E-state index in [0.717, 1.165) is 25.7 Å². The molecule has 0 saturated heterocycles. The van der Waals surface area contributed by atoms with E-state index in [2.05, 4.69) is 22.2 Å². The molecule has 7 nitrogen and oxygen atoms in total. The molecule has 0 saturated carbocycles. The van der Waals surface area contributed by atoms with Gasteiger partial charge < -0.3 is 10.1 Å². The summed E-state index contributed by atoms with van der Waals surface area (Å²) in [6, 6.07) is 0. The van der Waals surface area contributed by atoms with E-state index in [1.807, 2.05) is 0 Å². The summed E-state index contributed by atoms with van der Waals surface area (Å²) in [6.45, 7) is 2.79. The standard InChI is InChI=1S/C11H18N4O3/c1-3-4-5-6-7-12-10-9(15(16)17)11(18-2)14-8-13-10/h8H,3-7H2,1-2H3,(H,12,13,14). The molecule has 0 aliphatic carbocycles. The molecule has 7 heteroatoms. The Balaban J connectivity index is 2.67. The third-order valence-electron chi connectivity index (χ3n) is 2.49. The van der Waals surface area contributed by atoms with Gasteiger partial charge in [-0.1, -0.05) is 26.2 Å². The van der Waals surface area contributed by atoms with Crippen LogP contribution in [0.5, 0.6) is 5.88 Å². The van der Waals surface area contributed by atoms with Gasteiger partial charge in [0.2, 0.25) is 5.82 Å². The van der Waals surface area contributed by atoms with Crippen LogP contribution in [-0.2, 0) is 0 Å². The van der Waals surface area contributed by atoms with Crippen LogP contribution in [0.4, 0.5) is 11.5 Å². The number of anilines is 1. The summed E-state index contributed by atoms with van der Waals surface area (Å²) in [6.07, 6.45) is 5.62. The zero-order chi connectivity index (χ0) is 13.4. The van der Waals surface area contributed by atoms with Crippen LogP contribution in [0.1, 0.15) is 32.6 Å². The van der Waals surface area contributed by atoms with Crippen molar-refractivity contribution in [2.45, 2.75) is 32.6 Å². The van der Waals surface area contributed by atoms with E-state index >= 15 is 0 Å². The first kappa shape index (κ1) is 14.1. The van der Waals surface area contributed by atoms with Crippen molar-refractivity contribution in [2.24, 2.45) is 0 Å². The highest BCUT2D eigenvalue weighted by Crippen LogP contribution is 2.30. The van der Waals surface area contributed by atoms with Crippen LogP contribution in [-0.4, -0.2) is 28.5 Å². The zero-order valence-electron chi connectivity index (χ0n) is 10.7. The molecule has 1 rings (SSSR count). The van der Waals surface area contributed by atoms with Crippen molar-refractivity contribution in [3.8, 4) is 5.88 Å². The molecule has 0 aliphatic rings. The maximum absolute atomic E-state index is 10.9. The van der Waals surface area contributed by atoms with E-state index in [4.69, 9.17) is 4.74 Å². The lowest BCUT2D eigenvalue weighted by atomic mass is 10.2. The molecule has 0 fully saturated rings. The molecule has 0 spiro atoms. The normalized spacial score (nSPS) is 10.1. The van der Waals surface area contributed by atoms with E-state index in [1.54, 1.807) is 0 Å². The highest BCUT2D eigenvalue weighted by molar-refractivity contribution is 5.60. The highest BCUT2D eigenvalue weighted by atomic mass is 16.6. The Bertz CT molecular complexity index is 398. The van der Waals surface area contributed by atoms with Gasteiger partial charge in [0.05, 0.1) is 12.0 Å². The fourth-order valence-corrected chi connectivity index (χ4v) is 1.56. The summed E-state index contributed by atoms with van der Waals surface area (Å²) in [5.74, 6) is 0.189. The first-order valence-electron chi connectivity index (χ1n) is 5.98. The minimum atomic E-state index is -0.535. The van der Waals surface area contributed by atoms with Crippen molar-refractivity contribution in [1.29, 1.82) is 0 Å². The molecular formula is C11H18N4O3. The van der Waals surface area contributed by atoms with Crippen LogP contribution in [0.15, 0.2) is 6.33 Å². The van der Waals surface area contributed by atoms with Gasteiger partial charge in [0.1, 0.15) is 6.33 Å². The Kier molecular flexibility index (Phi) is 5.83. The summed E-state index contributed by atoms with van der Waals surface area (Å²) >= 11 is 0. The van der Waals surface area contributed by atoms with E-state index in [-0.39, 0.29) is 17.4 Å². The number of nitrogens with one attached hydrogen (secondary N) is 1. The Hall–Kier alpha value is -1.92. The largest absolute Gasteiger partial charge is 0.476 e. The molecule has 0 amide bonds. The van der Waals surface area contributed by atoms with Gasteiger partial charge in [-0.25, -0.2) is 4.98 Å². The van der Waals surface area contributed by atoms with Gasteiger partial charge in [0.15, 0.2) is 0 Å². The highest BCUT2D eigenvalue weighted by Gasteiger charge is 2.23. The van der Waals surface area contributed by atoms with Crippen LogP contribution in [0.25, 0.3) is 0 Å². The molecular weight excluding hydrogens is 236 g/mol. The summed E-state index contributed by atoms with van der Waals surface area (Å²) in [4.78, 5) is 18.0. The molecule has 1 aromatic heterocycles. The van der Waals surface area contributed by atoms with Gasteiger partial charge in [-0.3, -0.25) is 10.1 Å². The molecule has 1 aromatic rings. The minimum absolute atomic E-state index is 0.0222. The molecule has 0 radical (unpaired) electrons. The van der Waals surface area contributed by atoms with E-state index < -0.39 is 4.92 Å². The lowest BCUT2D eigenvalue weighted by molar-refractivity contribution is -0.385. The molecule has 100 valence electrons. The predicted molar refractivity (Wildman–Crippen MR) is 67.9 cm³/mol. The van der Waals surface area contributed by atoms with Crippen LogP contribution in [0.3, 0.4) is 0 Å². The summed E-state index contributed by atoms with van der Waals surface area (Å²) in [5, 5.41) is 13.9. The molecule has 0 unspecified atom stereocenters. The quantitative estimate of drug-likeness (QED) is 0.435. The van der Waals surface area contributed by atoms with Crippen molar-refractivity contribution < 1.29 is 9.66 Å². The third-order valence-corrected chi connectivity index (χ3v) is 2.49. The van der Waals surface area contributed by atoms with E-state index in [0.29, 0.717) is 6.54 Å². The first-order valence-corrected chi connectivity index (χ1v) is 5.98. The summed E-state index contributed by atoms with van der Waals surface area (Å²) < 4.78 is 4.86. The minimum Gasteiger partial charge on any atom is -0.476 e. The summed E-state index contributed by atoms with van der Waals surface area (Å²) in [5.41, 5.74) is -0.213. The maximum atomic E-state index is 10.9. The number of methoxy groups -OCH3 is 1. The van der Waals surface area contributed by atoms with Gasteiger partial charge in [0.25, 0.3) is 5.88 Å². The smallest absolute Gasteiger partial charge is 0.372 e. The molecule has 1 heterocycles. The average Bonchev–Trinajstić information content (AvgIpc) is 2.37. The molecule has 0 aliphatic heterocycles.